The molecule has 0 aromatic heterocycles. The largest absolute Gasteiger partial charge is 0.455 e. The van der Waals surface area contributed by atoms with Gasteiger partial charge in [0.05, 0.1) is 17.2 Å². The fraction of sp³-hybridized carbons (Fsp3) is 0.286. The molecule has 29 heavy (non-hydrogen) atoms. The Morgan fingerprint density at radius 3 is 2.62 bits per heavy atom. The molecule has 2 N–H and O–H groups in total. The molecule has 1 aliphatic heterocycles. The molecule has 0 unspecified atom stereocenters. The summed E-state index contributed by atoms with van der Waals surface area (Å²) in [6, 6.07) is 11.7. The zero-order valence-electron chi connectivity index (χ0n) is 15.8. The lowest BCUT2D eigenvalue weighted by Gasteiger charge is -2.12. The minimum Gasteiger partial charge on any atom is -0.455 e. The Hall–Kier alpha value is -3.55. The van der Waals surface area contributed by atoms with Crippen molar-refractivity contribution >= 4 is 29.2 Å². The van der Waals surface area contributed by atoms with Gasteiger partial charge in [0.2, 0.25) is 6.79 Å². The first kappa shape index (κ1) is 18.8. The average Bonchev–Trinajstić information content (AvgIpc) is 3.26. The molecule has 0 spiro atoms. The van der Waals surface area contributed by atoms with Gasteiger partial charge in [-0.25, -0.2) is 0 Å². The second-order valence-electron chi connectivity index (χ2n) is 7.04. The van der Waals surface area contributed by atoms with E-state index >= 15 is 0 Å². The predicted octanol–water partition coefficient (Wildman–Crippen LogP) is 2.81. The lowest BCUT2D eigenvalue weighted by Crippen LogP contribution is -2.23. The van der Waals surface area contributed by atoms with Crippen LogP contribution in [-0.2, 0) is 14.3 Å². The van der Waals surface area contributed by atoms with Crippen LogP contribution in [-0.4, -0.2) is 31.2 Å². The van der Waals surface area contributed by atoms with Gasteiger partial charge in [-0.05, 0) is 36.6 Å². The van der Waals surface area contributed by atoms with Gasteiger partial charge >= 0.3 is 5.97 Å². The van der Waals surface area contributed by atoms with E-state index in [9.17, 15) is 14.4 Å². The highest BCUT2D eigenvalue weighted by Crippen LogP contribution is 2.38. The minimum absolute atomic E-state index is 0.109. The summed E-state index contributed by atoms with van der Waals surface area (Å²) in [4.78, 5) is 36.6. The van der Waals surface area contributed by atoms with E-state index in [1.807, 2.05) is 6.92 Å². The van der Waals surface area contributed by atoms with Gasteiger partial charge in [-0.15, -0.1) is 0 Å². The predicted molar refractivity (Wildman–Crippen MR) is 104 cm³/mol. The molecule has 2 aromatic rings. The van der Waals surface area contributed by atoms with Crippen LogP contribution in [0.2, 0.25) is 0 Å². The molecule has 2 atom stereocenters. The number of anilines is 2. The van der Waals surface area contributed by atoms with Crippen molar-refractivity contribution in [2.75, 3.05) is 24.0 Å². The Balaban J connectivity index is 1.38. The smallest absolute Gasteiger partial charge is 0.309 e. The lowest BCUT2D eigenvalue weighted by molar-refractivity contribution is -0.148. The summed E-state index contributed by atoms with van der Waals surface area (Å²) in [5.41, 5.74) is 1.14. The van der Waals surface area contributed by atoms with Crippen LogP contribution in [0.5, 0.6) is 11.5 Å². The molecule has 1 heterocycles. The number of ether oxygens (including phenoxy) is 3. The molecule has 0 radical (unpaired) electrons. The maximum Gasteiger partial charge on any atom is 0.309 e. The van der Waals surface area contributed by atoms with E-state index in [1.165, 1.54) is 0 Å². The molecule has 2 aliphatic rings. The standard InChI is InChI=1S/C21H20N2O6/c1-12-8-15(12)21(26)27-10-19(24)23-16-5-3-2-4-14(16)20(25)22-13-6-7-17-18(9-13)29-11-28-17/h2-7,9,12,15H,8,10-11H2,1H3,(H,22,25)(H,23,24)/t12-,15+/m1/s1. The van der Waals surface area contributed by atoms with Crippen LogP contribution in [0.4, 0.5) is 11.4 Å². The summed E-state index contributed by atoms with van der Waals surface area (Å²) in [5.74, 6) is 0.107. The molecule has 8 nitrogen and oxygen atoms in total. The number of carbonyl (C=O) groups is 3. The highest BCUT2D eigenvalue weighted by Gasteiger charge is 2.40. The summed E-state index contributed by atoms with van der Waals surface area (Å²) < 4.78 is 15.6. The van der Waals surface area contributed by atoms with Crippen molar-refractivity contribution in [1.82, 2.24) is 0 Å². The van der Waals surface area contributed by atoms with Crippen LogP contribution in [0.1, 0.15) is 23.7 Å². The van der Waals surface area contributed by atoms with Crippen molar-refractivity contribution in [2.45, 2.75) is 13.3 Å². The molecule has 0 bridgehead atoms. The topological polar surface area (TPSA) is 103 Å². The summed E-state index contributed by atoms with van der Waals surface area (Å²) in [6.45, 7) is 1.72. The Bertz CT molecular complexity index is 973. The van der Waals surface area contributed by atoms with E-state index in [2.05, 4.69) is 10.6 Å². The van der Waals surface area contributed by atoms with Crippen LogP contribution in [0.25, 0.3) is 0 Å². The fourth-order valence-electron chi connectivity index (χ4n) is 3.04. The molecule has 150 valence electrons. The maximum atomic E-state index is 12.7. The molecular weight excluding hydrogens is 376 g/mol. The highest BCUT2D eigenvalue weighted by atomic mass is 16.7. The molecule has 0 saturated heterocycles. The van der Waals surface area contributed by atoms with Gasteiger partial charge in [-0.3, -0.25) is 14.4 Å². The summed E-state index contributed by atoms with van der Waals surface area (Å²) in [6.07, 6.45) is 0.795. The van der Waals surface area contributed by atoms with Crippen molar-refractivity contribution in [3.8, 4) is 11.5 Å². The first-order valence-electron chi connectivity index (χ1n) is 9.28. The second kappa shape index (κ2) is 7.83. The molecule has 1 saturated carbocycles. The maximum absolute atomic E-state index is 12.7. The molecule has 4 rings (SSSR count). The normalized spacial score (nSPS) is 18.7. The van der Waals surface area contributed by atoms with E-state index < -0.39 is 11.8 Å². The third kappa shape index (κ3) is 4.31. The van der Waals surface area contributed by atoms with Crippen LogP contribution >= 0.6 is 0 Å². The van der Waals surface area contributed by atoms with Gasteiger partial charge in [0.15, 0.2) is 18.1 Å². The number of carbonyl (C=O) groups excluding carboxylic acids is 3. The molecule has 2 amide bonds. The summed E-state index contributed by atoms with van der Waals surface area (Å²) >= 11 is 0. The number of nitrogens with one attached hydrogen (secondary N) is 2. The van der Waals surface area contributed by atoms with Crippen LogP contribution < -0.4 is 20.1 Å². The molecule has 1 aliphatic carbocycles. The third-order valence-corrected chi connectivity index (χ3v) is 4.83. The van der Waals surface area contributed by atoms with Crippen molar-refractivity contribution in [2.24, 2.45) is 11.8 Å². The highest BCUT2D eigenvalue weighted by molar-refractivity contribution is 6.10. The Morgan fingerprint density at radius 1 is 1.07 bits per heavy atom. The summed E-state index contributed by atoms with van der Waals surface area (Å²) in [7, 11) is 0. The van der Waals surface area contributed by atoms with Crippen LogP contribution in [0, 0.1) is 11.8 Å². The molecule has 2 aromatic carbocycles. The van der Waals surface area contributed by atoms with Gasteiger partial charge in [0.1, 0.15) is 0 Å². The minimum atomic E-state index is -0.505. The number of amides is 2. The Morgan fingerprint density at radius 2 is 1.83 bits per heavy atom. The molecule has 8 heteroatoms. The third-order valence-electron chi connectivity index (χ3n) is 4.83. The van der Waals surface area contributed by atoms with Crippen LogP contribution in [0.3, 0.4) is 0 Å². The number of esters is 1. The number of para-hydroxylation sites is 1. The van der Waals surface area contributed by atoms with E-state index in [4.69, 9.17) is 14.2 Å². The zero-order valence-corrected chi connectivity index (χ0v) is 15.8. The molecule has 1 fully saturated rings. The van der Waals surface area contributed by atoms with Gasteiger partial charge in [-0.2, -0.15) is 0 Å². The fourth-order valence-corrected chi connectivity index (χ4v) is 3.04. The van der Waals surface area contributed by atoms with Gasteiger partial charge in [-0.1, -0.05) is 19.1 Å². The van der Waals surface area contributed by atoms with Crippen LogP contribution in [0.15, 0.2) is 42.5 Å². The monoisotopic (exact) mass is 396 g/mol. The Kier molecular flexibility index (Phi) is 5.07. The van der Waals surface area contributed by atoms with Crippen molar-refractivity contribution in [3.63, 3.8) is 0 Å². The first-order valence-corrected chi connectivity index (χ1v) is 9.28. The van der Waals surface area contributed by atoms with E-state index in [-0.39, 0.29) is 30.9 Å². The number of rotatable bonds is 6. The van der Waals surface area contributed by atoms with E-state index in [0.717, 1.165) is 6.42 Å². The van der Waals surface area contributed by atoms with E-state index in [0.29, 0.717) is 28.8 Å². The van der Waals surface area contributed by atoms with Gasteiger partial charge in [0, 0.05) is 11.8 Å². The van der Waals surface area contributed by atoms with Crippen molar-refractivity contribution in [1.29, 1.82) is 0 Å². The first-order chi connectivity index (χ1) is 14.0. The Labute approximate surface area is 167 Å². The van der Waals surface area contributed by atoms with Crippen molar-refractivity contribution < 1.29 is 28.6 Å². The average molecular weight is 396 g/mol. The number of benzene rings is 2. The van der Waals surface area contributed by atoms with Gasteiger partial charge in [0.25, 0.3) is 11.8 Å². The van der Waals surface area contributed by atoms with Gasteiger partial charge < -0.3 is 24.8 Å². The quantitative estimate of drug-likeness (QED) is 0.728. The van der Waals surface area contributed by atoms with E-state index in [1.54, 1.807) is 42.5 Å². The number of hydrogen-bond donors (Lipinski definition) is 2. The number of hydrogen-bond acceptors (Lipinski definition) is 6. The zero-order chi connectivity index (χ0) is 20.4. The number of fused-ring (bicyclic) bond motifs is 1. The van der Waals surface area contributed by atoms with Crippen molar-refractivity contribution in [3.05, 3.63) is 48.0 Å². The SMILES string of the molecule is C[C@@H]1C[C@@H]1C(=O)OCC(=O)Nc1ccccc1C(=O)Nc1ccc2c(c1)OCO2. The summed E-state index contributed by atoms with van der Waals surface area (Å²) in [5, 5.41) is 5.39. The molecular formula is C21H20N2O6. The second-order valence-corrected chi connectivity index (χ2v) is 7.04. The lowest BCUT2D eigenvalue weighted by atomic mass is 10.1.